The van der Waals surface area contributed by atoms with Crippen molar-refractivity contribution >= 4 is 68.0 Å². The zero-order valence-corrected chi connectivity index (χ0v) is 31.2. The van der Waals surface area contributed by atoms with Crippen molar-refractivity contribution in [3.8, 4) is 22.5 Å². The minimum absolute atomic E-state index is 0.0170. The third-order valence-electron chi connectivity index (χ3n) is 10.5. The Bertz CT molecular complexity index is 2330. The highest BCUT2D eigenvalue weighted by molar-refractivity contribution is 6.00. The van der Waals surface area contributed by atoms with E-state index in [0.29, 0.717) is 57.9 Å². The standard InChI is InChI=1S/2C20H22N6O/c2*1-9-4-13(9)20(27)26-17-6-12-5-16(25-19(22)14(12)7-24-17)18-10(2)15(21)8-23-11(18)3/h2*5-9,13H,4,21H2,1-3H3,(H2,22,25)(H,24,26,27)/t2*9-,13-/m10/s1. The van der Waals surface area contributed by atoms with Gasteiger partial charge in [0.25, 0.3) is 0 Å². The second-order valence-corrected chi connectivity index (χ2v) is 14.6. The van der Waals surface area contributed by atoms with Gasteiger partial charge in [-0.1, -0.05) is 13.8 Å². The Morgan fingerprint density at radius 3 is 1.31 bits per heavy atom. The molecule has 10 N–H and O–H groups in total. The first-order valence-corrected chi connectivity index (χ1v) is 17.9. The highest BCUT2D eigenvalue weighted by atomic mass is 16.2. The molecule has 14 nitrogen and oxygen atoms in total. The number of hydrogen-bond acceptors (Lipinski definition) is 12. The van der Waals surface area contributed by atoms with Crippen molar-refractivity contribution in [2.24, 2.45) is 23.7 Å². The molecular weight excluding hydrogens is 681 g/mol. The van der Waals surface area contributed by atoms with E-state index in [9.17, 15) is 9.59 Å². The Morgan fingerprint density at radius 2 is 0.963 bits per heavy atom. The third kappa shape index (κ3) is 7.01. The zero-order valence-electron chi connectivity index (χ0n) is 31.2. The summed E-state index contributed by atoms with van der Waals surface area (Å²) in [6, 6.07) is 7.51. The minimum Gasteiger partial charge on any atom is -0.397 e. The number of nitrogens with one attached hydrogen (secondary N) is 2. The van der Waals surface area contributed by atoms with Gasteiger partial charge in [0, 0.05) is 57.5 Å². The molecule has 54 heavy (non-hydrogen) atoms. The molecule has 276 valence electrons. The number of aromatic nitrogens is 6. The number of anilines is 6. The number of amides is 2. The number of nitrogens with two attached hydrogens (primary N) is 4. The van der Waals surface area contributed by atoms with Crippen LogP contribution in [0.4, 0.5) is 34.6 Å². The van der Waals surface area contributed by atoms with E-state index in [-0.39, 0.29) is 23.7 Å². The lowest BCUT2D eigenvalue weighted by Gasteiger charge is -2.13. The fraction of sp³-hybridized carbons (Fsp3) is 0.300. The normalized spacial score (nSPS) is 18.5. The summed E-state index contributed by atoms with van der Waals surface area (Å²) in [5.74, 6) is 2.89. The first kappa shape index (κ1) is 35.9. The molecule has 2 aliphatic rings. The molecule has 2 saturated carbocycles. The largest absolute Gasteiger partial charge is 0.397 e. The first-order valence-electron chi connectivity index (χ1n) is 17.9. The number of hydrogen-bond donors (Lipinski definition) is 6. The van der Waals surface area contributed by atoms with Crippen LogP contribution in [-0.4, -0.2) is 41.7 Å². The maximum Gasteiger partial charge on any atom is 0.228 e. The maximum absolute atomic E-state index is 12.2. The summed E-state index contributed by atoms with van der Waals surface area (Å²) >= 11 is 0. The summed E-state index contributed by atoms with van der Waals surface area (Å²) in [5, 5.41) is 8.97. The molecule has 2 aliphatic carbocycles. The average Bonchev–Trinajstić information content (AvgIpc) is 4.05. The number of carbonyl (C=O) groups excluding carboxylic acids is 2. The van der Waals surface area contributed by atoms with Gasteiger partial charge in [-0.3, -0.25) is 19.6 Å². The molecule has 2 amide bonds. The van der Waals surface area contributed by atoms with Crippen LogP contribution >= 0.6 is 0 Å². The van der Waals surface area contributed by atoms with Gasteiger partial charge in [-0.15, -0.1) is 0 Å². The Labute approximate surface area is 312 Å². The predicted octanol–water partition coefficient (Wildman–Crippen LogP) is 6.14. The van der Waals surface area contributed by atoms with Crippen molar-refractivity contribution in [3.63, 3.8) is 0 Å². The Balaban J connectivity index is 0.000000167. The van der Waals surface area contributed by atoms with Crippen molar-refractivity contribution in [2.75, 3.05) is 33.6 Å². The van der Waals surface area contributed by atoms with Crippen LogP contribution in [0.15, 0.2) is 49.1 Å². The van der Waals surface area contributed by atoms with Crippen molar-refractivity contribution < 1.29 is 9.59 Å². The topological polar surface area (TPSA) is 240 Å². The molecule has 0 spiro atoms. The Hall–Kier alpha value is -6.44. The number of nitrogen functional groups attached to an aromatic ring is 4. The number of fused-ring (bicyclic) bond motifs is 2. The average molecular weight is 725 g/mol. The van der Waals surface area contributed by atoms with Gasteiger partial charge in [-0.2, -0.15) is 0 Å². The van der Waals surface area contributed by atoms with Crippen LogP contribution in [0.1, 0.15) is 49.2 Å². The molecule has 6 aromatic heterocycles. The van der Waals surface area contributed by atoms with Gasteiger partial charge < -0.3 is 33.6 Å². The van der Waals surface area contributed by atoms with Gasteiger partial charge in [-0.25, -0.2) is 19.9 Å². The fourth-order valence-electron chi connectivity index (χ4n) is 6.80. The number of carbonyl (C=O) groups is 2. The summed E-state index contributed by atoms with van der Waals surface area (Å²) in [7, 11) is 0. The Kier molecular flexibility index (Phi) is 9.21. The van der Waals surface area contributed by atoms with E-state index in [1.807, 2.05) is 52.0 Å². The van der Waals surface area contributed by atoms with Crippen molar-refractivity contribution in [3.05, 3.63) is 71.6 Å². The summed E-state index contributed by atoms with van der Waals surface area (Å²) < 4.78 is 0. The molecule has 0 unspecified atom stereocenters. The van der Waals surface area contributed by atoms with E-state index in [1.165, 1.54) is 0 Å². The summed E-state index contributed by atoms with van der Waals surface area (Å²) in [6.45, 7) is 11.9. The molecule has 0 radical (unpaired) electrons. The molecule has 0 saturated heterocycles. The molecule has 0 bridgehead atoms. The van der Waals surface area contributed by atoms with Gasteiger partial charge in [0.1, 0.15) is 23.3 Å². The van der Waals surface area contributed by atoms with Crippen LogP contribution in [0.25, 0.3) is 44.1 Å². The van der Waals surface area contributed by atoms with Gasteiger partial charge in [0.2, 0.25) is 11.8 Å². The van der Waals surface area contributed by atoms with Gasteiger partial charge >= 0.3 is 0 Å². The molecule has 0 aromatic carbocycles. The van der Waals surface area contributed by atoms with Crippen molar-refractivity contribution in [2.45, 2.75) is 54.4 Å². The molecule has 4 atom stereocenters. The highest BCUT2D eigenvalue weighted by Crippen LogP contribution is 2.40. The van der Waals surface area contributed by atoms with Gasteiger partial charge in [-0.05, 0) is 98.5 Å². The van der Waals surface area contributed by atoms with E-state index in [1.54, 1.807) is 24.8 Å². The highest BCUT2D eigenvalue weighted by Gasteiger charge is 2.40. The lowest BCUT2D eigenvalue weighted by Crippen LogP contribution is -2.15. The fourth-order valence-corrected chi connectivity index (χ4v) is 6.80. The number of pyridine rings is 6. The second kappa shape index (κ2) is 13.8. The predicted molar refractivity (Wildman–Crippen MR) is 214 cm³/mol. The first-order chi connectivity index (χ1) is 25.7. The summed E-state index contributed by atoms with van der Waals surface area (Å²) in [5.41, 5.74) is 32.3. The van der Waals surface area contributed by atoms with Crippen LogP contribution in [0.3, 0.4) is 0 Å². The monoisotopic (exact) mass is 724 g/mol. The summed E-state index contributed by atoms with van der Waals surface area (Å²) in [4.78, 5) is 50.7. The van der Waals surface area contributed by atoms with E-state index in [2.05, 4.69) is 54.4 Å². The number of aryl methyl sites for hydroxylation is 2. The van der Waals surface area contributed by atoms with Crippen molar-refractivity contribution in [1.29, 1.82) is 0 Å². The lowest BCUT2D eigenvalue weighted by atomic mass is 10.0. The molecule has 2 fully saturated rings. The zero-order chi connectivity index (χ0) is 38.6. The third-order valence-corrected chi connectivity index (χ3v) is 10.5. The molecular formula is C40H44N12O2. The quantitative estimate of drug-likeness (QED) is 0.114. The molecule has 0 aliphatic heterocycles. The number of rotatable bonds is 6. The minimum atomic E-state index is 0.0170. The molecule has 6 heterocycles. The molecule has 6 aromatic rings. The van der Waals surface area contributed by atoms with Crippen LogP contribution < -0.4 is 33.6 Å². The van der Waals surface area contributed by atoms with Crippen LogP contribution in [0.2, 0.25) is 0 Å². The maximum atomic E-state index is 12.2. The van der Waals surface area contributed by atoms with E-state index >= 15 is 0 Å². The second-order valence-electron chi connectivity index (χ2n) is 14.6. The van der Waals surface area contributed by atoms with Crippen LogP contribution in [-0.2, 0) is 9.59 Å². The molecule has 14 heteroatoms. The van der Waals surface area contributed by atoms with Crippen LogP contribution in [0, 0.1) is 51.4 Å². The van der Waals surface area contributed by atoms with E-state index in [4.69, 9.17) is 22.9 Å². The number of nitrogens with zero attached hydrogens (tertiary/aromatic N) is 6. The van der Waals surface area contributed by atoms with Crippen LogP contribution in [0.5, 0.6) is 0 Å². The van der Waals surface area contributed by atoms with E-state index < -0.39 is 0 Å². The van der Waals surface area contributed by atoms with Gasteiger partial charge in [0.05, 0.1) is 35.2 Å². The smallest absolute Gasteiger partial charge is 0.228 e. The SMILES string of the molecule is Cc1ncc(N)c(C)c1-c1cc2cc(NC(=O)[C@@H]3C[C@H]3C)ncc2c(N)n1.Cc1ncc(N)c(C)c1-c1cc2cc(NC(=O)[C@H]3C[C@@H]3C)ncc2c(N)n1. The molecule has 8 rings (SSSR count). The Morgan fingerprint density at radius 1 is 0.593 bits per heavy atom. The van der Waals surface area contributed by atoms with Gasteiger partial charge in [0.15, 0.2) is 0 Å². The van der Waals surface area contributed by atoms with E-state index in [0.717, 1.165) is 68.0 Å². The summed E-state index contributed by atoms with van der Waals surface area (Å²) in [6.07, 6.45) is 8.45. The van der Waals surface area contributed by atoms with Crippen molar-refractivity contribution in [1.82, 2.24) is 29.9 Å². The lowest BCUT2D eigenvalue weighted by molar-refractivity contribution is -0.118.